The molecule has 4 rings (SSSR count). The lowest BCUT2D eigenvalue weighted by Gasteiger charge is -2.28. The first-order valence-corrected chi connectivity index (χ1v) is 13.3. The molecule has 2 N–H and O–H groups in total. The van der Waals surface area contributed by atoms with Crippen LogP contribution in [0.5, 0.6) is 0 Å². The van der Waals surface area contributed by atoms with Gasteiger partial charge in [-0.2, -0.15) is 4.98 Å². The van der Waals surface area contributed by atoms with Gasteiger partial charge in [0.15, 0.2) is 9.84 Å². The van der Waals surface area contributed by atoms with E-state index in [0.29, 0.717) is 31.4 Å². The van der Waals surface area contributed by atoms with Crippen molar-refractivity contribution in [2.24, 2.45) is 0 Å². The van der Waals surface area contributed by atoms with E-state index < -0.39 is 15.7 Å². The van der Waals surface area contributed by atoms with E-state index in [0.717, 1.165) is 42.0 Å². The van der Waals surface area contributed by atoms with Crippen molar-refractivity contribution in [3.05, 3.63) is 59.7 Å². The minimum atomic E-state index is -3.41. The fourth-order valence-electron chi connectivity index (χ4n) is 3.81. The third-order valence-corrected chi connectivity index (χ3v) is 6.79. The Balaban J connectivity index is 1.65. The number of nitrogens with zero attached hydrogens (tertiary/aromatic N) is 3. The molecule has 35 heavy (non-hydrogen) atoms. The van der Waals surface area contributed by atoms with Crippen molar-refractivity contribution in [2.45, 2.75) is 18.7 Å². The van der Waals surface area contributed by atoms with Gasteiger partial charge in [-0.15, -0.1) is 0 Å². The Morgan fingerprint density at radius 1 is 1.09 bits per heavy atom. The molecule has 0 saturated carbocycles. The Kier molecular flexibility index (Phi) is 7.32. The highest BCUT2D eigenvalue weighted by molar-refractivity contribution is 7.90. The predicted octanol–water partition coefficient (Wildman–Crippen LogP) is 3.38. The number of aryl methyl sites for hydroxylation is 1. The molecule has 0 radical (unpaired) electrons. The summed E-state index contributed by atoms with van der Waals surface area (Å²) in [6, 6.07) is 13.5. The number of aromatic nitrogens is 2. The van der Waals surface area contributed by atoms with Crippen LogP contribution in [0.2, 0.25) is 0 Å². The molecule has 0 unspecified atom stereocenters. The van der Waals surface area contributed by atoms with Gasteiger partial charge in [0.2, 0.25) is 5.95 Å². The zero-order chi connectivity index (χ0) is 25.0. The van der Waals surface area contributed by atoms with Crippen LogP contribution in [-0.4, -0.2) is 63.4 Å². The van der Waals surface area contributed by atoms with Crippen molar-refractivity contribution >= 4 is 33.2 Å². The highest BCUT2D eigenvalue weighted by Crippen LogP contribution is 2.29. The number of carbonyl (C=O) groups is 1. The molecule has 184 valence electrons. The van der Waals surface area contributed by atoms with E-state index in [2.05, 4.69) is 20.5 Å². The highest BCUT2D eigenvalue weighted by atomic mass is 32.2. The van der Waals surface area contributed by atoms with Crippen molar-refractivity contribution in [3.8, 4) is 11.3 Å². The quantitative estimate of drug-likeness (QED) is 0.513. The molecule has 9 nitrogen and oxygen atoms in total. The third-order valence-electron chi connectivity index (χ3n) is 5.68. The number of nitrogens with one attached hydrogen (secondary N) is 2. The second kappa shape index (κ2) is 10.4. The van der Waals surface area contributed by atoms with Crippen LogP contribution < -0.4 is 15.5 Å². The monoisotopic (exact) mass is 495 g/mol. The molecule has 0 atom stereocenters. The van der Waals surface area contributed by atoms with Crippen LogP contribution in [0.15, 0.2) is 53.4 Å². The molecule has 3 aromatic rings. The number of ether oxygens (including phenoxy) is 1. The molecular formula is C25H29N5O4S. The minimum absolute atomic E-state index is 0.0994. The summed E-state index contributed by atoms with van der Waals surface area (Å²) in [6.07, 6.45) is 1.12. The smallest absolute Gasteiger partial charge is 0.255 e. The Bertz CT molecular complexity index is 1340. The van der Waals surface area contributed by atoms with Gasteiger partial charge in [-0.05, 0) is 49.7 Å². The van der Waals surface area contributed by atoms with Gasteiger partial charge in [0, 0.05) is 48.8 Å². The zero-order valence-electron chi connectivity index (χ0n) is 20.0. The van der Waals surface area contributed by atoms with Crippen LogP contribution in [0.4, 0.5) is 17.5 Å². The average Bonchev–Trinajstić information content (AvgIpc) is 2.85. The topological polar surface area (TPSA) is 114 Å². The van der Waals surface area contributed by atoms with Gasteiger partial charge in [0.25, 0.3) is 5.91 Å². The maximum Gasteiger partial charge on any atom is 0.255 e. The Morgan fingerprint density at radius 3 is 2.57 bits per heavy atom. The largest absolute Gasteiger partial charge is 0.378 e. The lowest BCUT2D eigenvalue weighted by Crippen LogP contribution is -2.37. The number of morpholine rings is 1. The normalized spacial score (nSPS) is 14.0. The number of benzene rings is 2. The van der Waals surface area contributed by atoms with Crippen molar-refractivity contribution < 1.29 is 17.9 Å². The van der Waals surface area contributed by atoms with Crippen molar-refractivity contribution in [3.63, 3.8) is 0 Å². The average molecular weight is 496 g/mol. The van der Waals surface area contributed by atoms with E-state index in [9.17, 15) is 13.2 Å². The molecule has 1 aromatic heterocycles. The second-order valence-corrected chi connectivity index (χ2v) is 10.4. The summed E-state index contributed by atoms with van der Waals surface area (Å²) >= 11 is 0. The molecular weight excluding hydrogens is 466 g/mol. The molecule has 0 aliphatic carbocycles. The summed E-state index contributed by atoms with van der Waals surface area (Å²) in [6.45, 7) is 7.47. The molecule has 1 saturated heterocycles. The number of rotatable bonds is 7. The van der Waals surface area contributed by atoms with Crippen molar-refractivity contribution in [2.75, 3.05) is 54.6 Å². The van der Waals surface area contributed by atoms with Crippen LogP contribution in [0.25, 0.3) is 11.3 Å². The Morgan fingerprint density at radius 2 is 1.86 bits per heavy atom. The fourth-order valence-corrected chi connectivity index (χ4v) is 4.48. The molecule has 2 aromatic carbocycles. The number of carbonyl (C=O) groups excluding carboxylic acids is 1. The van der Waals surface area contributed by atoms with Crippen LogP contribution in [0.3, 0.4) is 0 Å². The van der Waals surface area contributed by atoms with Gasteiger partial charge in [-0.1, -0.05) is 12.1 Å². The van der Waals surface area contributed by atoms with Gasteiger partial charge in [-0.25, -0.2) is 13.4 Å². The molecule has 0 spiro atoms. The van der Waals surface area contributed by atoms with Gasteiger partial charge in [0.05, 0.1) is 23.8 Å². The van der Waals surface area contributed by atoms with Gasteiger partial charge in [0.1, 0.15) is 5.82 Å². The lowest BCUT2D eigenvalue weighted by atomic mass is 10.0. The first-order valence-electron chi connectivity index (χ1n) is 11.4. The molecule has 1 fully saturated rings. The second-order valence-electron chi connectivity index (χ2n) is 8.35. The lowest BCUT2D eigenvalue weighted by molar-refractivity contribution is 0.102. The molecule has 1 amide bonds. The third kappa shape index (κ3) is 5.95. The number of sulfone groups is 1. The number of amides is 1. The first-order chi connectivity index (χ1) is 16.7. The summed E-state index contributed by atoms with van der Waals surface area (Å²) < 4.78 is 29.2. The Hall–Kier alpha value is -3.50. The summed E-state index contributed by atoms with van der Waals surface area (Å²) in [4.78, 5) is 24.5. The summed E-state index contributed by atoms with van der Waals surface area (Å²) in [7, 11) is -3.41. The van der Waals surface area contributed by atoms with E-state index >= 15 is 0 Å². The molecule has 10 heteroatoms. The minimum Gasteiger partial charge on any atom is -0.378 e. The Labute approximate surface area is 205 Å². The molecule has 1 aliphatic rings. The van der Waals surface area contributed by atoms with Crippen molar-refractivity contribution in [1.82, 2.24) is 9.97 Å². The van der Waals surface area contributed by atoms with Gasteiger partial charge in [-0.3, -0.25) is 4.79 Å². The SMILES string of the molecule is CCNc1nc(-c2cc(NC(=O)c3cccc(S(C)(=O)=O)c3)ccc2C)cc(N2CCOCC2)n1. The van der Waals surface area contributed by atoms with Gasteiger partial charge >= 0.3 is 0 Å². The predicted molar refractivity (Wildman–Crippen MR) is 137 cm³/mol. The number of anilines is 3. The van der Waals surface area contributed by atoms with Crippen LogP contribution in [0.1, 0.15) is 22.8 Å². The number of hydrogen-bond acceptors (Lipinski definition) is 8. The van der Waals surface area contributed by atoms with Gasteiger partial charge < -0.3 is 20.3 Å². The standard InChI is InChI=1S/C25H29N5O4S/c1-4-26-25-28-22(16-23(29-25)30-10-12-34-13-11-30)21-15-19(9-8-17(21)2)27-24(31)18-6-5-7-20(14-18)35(3,32)33/h5-9,14-16H,4,10-13H2,1-3H3,(H,27,31)(H,26,28,29). The first kappa shape index (κ1) is 24.6. The van der Waals surface area contributed by atoms with E-state index in [-0.39, 0.29) is 10.5 Å². The van der Waals surface area contributed by atoms with E-state index in [1.807, 2.05) is 38.1 Å². The summed E-state index contributed by atoms with van der Waals surface area (Å²) in [5, 5.41) is 6.08. The zero-order valence-corrected chi connectivity index (χ0v) is 20.9. The summed E-state index contributed by atoms with van der Waals surface area (Å²) in [5.74, 6) is 0.967. The maximum atomic E-state index is 12.9. The highest BCUT2D eigenvalue weighted by Gasteiger charge is 2.17. The fraction of sp³-hybridized carbons (Fsp3) is 0.320. The van der Waals surface area contributed by atoms with E-state index in [1.165, 1.54) is 12.1 Å². The summed E-state index contributed by atoms with van der Waals surface area (Å²) in [5.41, 5.74) is 3.45. The number of hydrogen-bond donors (Lipinski definition) is 2. The van der Waals surface area contributed by atoms with Crippen LogP contribution in [0, 0.1) is 6.92 Å². The van der Waals surface area contributed by atoms with E-state index in [1.54, 1.807) is 12.1 Å². The molecule has 1 aliphatic heterocycles. The maximum absolute atomic E-state index is 12.9. The molecule has 2 heterocycles. The van der Waals surface area contributed by atoms with Crippen molar-refractivity contribution in [1.29, 1.82) is 0 Å². The van der Waals surface area contributed by atoms with E-state index in [4.69, 9.17) is 9.72 Å². The van der Waals surface area contributed by atoms with Crippen LogP contribution >= 0.6 is 0 Å². The molecule has 0 bridgehead atoms. The van der Waals surface area contributed by atoms with Crippen LogP contribution in [-0.2, 0) is 14.6 Å².